The number of hydrogen-bond donors (Lipinski definition) is 0. The van der Waals surface area contributed by atoms with Gasteiger partial charge in [0.25, 0.3) is 0 Å². The summed E-state index contributed by atoms with van der Waals surface area (Å²) in [4.78, 5) is 0.350. The zero-order chi connectivity index (χ0) is 17.9. The van der Waals surface area contributed by atoms with E-state index in [1.807, 2.05) is 31.2 Å². The molecule has 0 radical (unpaired) electrons. The van der Waals surface area contributed by atoms with Crippen molar-refractivity contribution in [2.75, 3.05) is 6.26 Å². The van der Waals surface area contributed by atoms with Gasteiger partial charge in [-0.25, -0.2) is 8.42 Å². The molecule has 0 N–H and O–H groups in total. The molecule has 1 aliphatic carbocycles. The van der Waals surface area contributed by atoms with Crippen molar-refractivity contribution in [1.29, 1.82) is 0 Å². The Balaban J connectivity index is 1.93. The van der Waals surface area contributed by atoms with Crippen molar-refractivity contribution in [3.05, 3.63) is 42.1 Å². The van der Waals surface area contributed by atoms with E-state index in [9.17, 15) is 8.42 Å². The van der Waals surface area contributed by atoms with E-state index in [0.29, 0.717) is 10.8 Å². The van der Waals surface area contributed by atoms with Crippen LogP contribution in [-0.4, -0.2) is 24.5 Å². The van der Waals surface area contributed by atoms with Crippen LogP contribution in [0.25, 0.3) is 17.3 Å². The predicted octanol–water partition coefficient (Wildman–Crippen LogP) is 4.57. The fraction of sp³-hybridized carbons (Fsp3) is 0.450. The van der Waals surface area contributed by atoms with Gasteiger partial charge in [-0.05, 0) is 55.5 Å². The van der Waals surface area contributed by atoms with Gasteiger partial charge in [0, 0.05) is 12.8 Å². The third kappa shape index (κ3) is 4.40. The molecule has 1 aliphatic rings. The summed E-state index contributed by atoms with van der Waals surface area (Å²) in [6, 6.07) is 9.20. The van der Waals surface area contributed by atoms with Crippen LogP contribution in [0.4, 0.5) is 0 Å². The standard InChI is InChI=1S/C20H26N2O2S/c1-3-7-18-14-20(17-10-12-19(13-11-17)25(2,23)24)22(21-18)15-16-8-5-4-6-9-16/h3,7,10-14,16H,4-6,8-9,15H2,1-2H3/b7-3+. The monoisotopic (exact) mass is 358 g/mol. The molecule has 5 heteroatoms. The first-order chi connectivity index (χ1) is 12.0. The average molecular weight is 359 g/mol. The number of allylic oxidation sites excluding steroid dienone is 1. The Hall–Kier alpha value is -1.88. The highest BCUT2D eigenvalue weighted by atomic mass is 32.2. The van der Waals surface area contributed by atoms with Crippen LogP contribution in [0.5, 0.6) is 0 Å². The molecule has 134 valence electrons. The first kappa shape index (κ1) is 17.9. The van der Waals surface area contributed by atoms with Crippen molar-refractivity contribution >= 4 is 15.9 Å². The molecular formula is C20H26N2O2S. The molecule has 0 spiro atoms. The molecule has 2 aromatic rings. The summed E-state index contributed by atoms with van der Waals surface area (Å²) >= 11 is 0. The molecule has 1 aromatic heterocycles. The van der Waals surface area contributed by atoms with Gasteiger partial charge in [-0.1, -0.05) is 37.5 Å². The normalized spacial score (nSPS) is 16.6. The van der Waals surface area contributed by atoms with Crippen LogP contribution < -0.4 is 0 Å². The number of sulfone groups is 1. The minimum atomic E-state index is -3.17. The molecule has 1 saturated carbocycles. The maximum Gasteiger partial charge on any atom is 0.175 e. The van der Waals surface area contributed by atoms with E-state index in [4.69, 9.17) is 5.10 Å². The Bertz CT molecular complexity index is 842. The highest BCUT2D eigenvalue weighted by molar-refractivity contribution is 7.90. The Morgan fingerprint density at radius 1 is 1.16 bits per heavy atom. The maximum absolute atomic E-state index is 11.7. The van der Waals surface area contributed by atoms with Gasteiger partial charge in [0.15, 0.2) is 9.84 Å². The quantitative estimate of drug-likeness (QED) is 0.787. The second kappa shape index (κ2) is 7.56. The highest BCUT2D eigenvalue weighted by Crippen LogP contribution is 2.28. The van der Waals surface area contributed by atoms with Crippen LogP contribution in [0.15, 0.2) is 41.3 Å². The summed E-state index contributed by atoms with van der Waals surface area (Å²) in [6.07, 6.45) is 11.7. The first-order valence-corrected chi connectivity index (χ1v) is 10.9. The van der Waals surface area contributed by atoms with Crippen LogP contribution in [0.2, 0.25) is 0 Å². The average Bonchev–Trinajstić information content (AvgIpc) is 2.98. The molecule has 0 saturated heterocycles. The van der Waals surface area contributed by atoms with E-state index < -0.39 is 9.84 Å². The van der Waals surface area contributed by atoms with Crippen LogP contribution in [0, 0.1) is 5.92 Å². The number of nitrogens with zero attached hydrogens (tertiary/aromatic N) is 2. The number of benzene rings is 1. The SMILES string of the molecule is C/C=C/c1cc(-c2ccc(S(C)(=O)=O)cc2)n(CC2CCCCC2)n1. The van der Waals surface area contributed by atoms with Gasteiger partial charge in [0.05, 0.1) is 16.3 Å². The molecule has 4 nitrogen and oxygen atoms in total. The molecule has 0 bridgehead atoms. The molecule has 1 heterocycles. The summed E-state index contributed by atoms with van der Waals surface area (Å²) in [6.45, 7) is 2.92. The topological polar surface area (TPSA) is 52.0 Å². The third-order valence-corrected chi connectivity index (χ3v) is 6.00. The van der Waals surface area contributed by atoms with Gasteiger partial charge in [0.2, 0.25) is 0 Å². The fourth-order valence-electron chi connectivity index (χ4n) is 3.55. The van der Waals surface area contributed by atoms with E-state index in [2.05, 4.69) is 10.7 Å². The van der Waals surface area contributed by atoms with Gasteiger partial charge in [0.1, 0.15) is 0 Å². The first-order valence-electron chi connectivity index (χ1n) is 8.98. The van der Waals surface area contributed by atoms with E-state index in [0.717, 1.165) is 23.5 Å². The van der Waals surface area contributed by atoms with Gasteiger partial charge >= 0.3 is 0 Å². The van der Waals surface area contributed by atoms with Crippen molar-refractivity contribution < 1.29 is 8.42 Å². The summed E-state index contributed by atoms with van der Waals surface area (Å²) in [5.41, 5.74) is 3.01. The Kier molecular flexibility index (Phi) is 5.42. The second-order valence-electron chi connectivity index (χ2n) is 6.94. The van der Waals surface area contributed by atoms with E-state index in [1.54, 1.807) is 12.1 Å². The molecule has 0 aliphatic heterocycles. The molecule has 1 fully saturated rings. The Morgan fingerprint density at radius 2 is 1.84 bits per heavy atom. The summed E-state index contributed by atoms with van der Waals surface area (Å²) in [7, 11) is -3.17. The zero-order valence-electron chi connectivity index (χ0n) is 15.0. The lowest BCUT2D eigenvalue weighted by molar-refractivity contribution is 0.309. The maximum atomic E-state index is 11.7. The fourth-order valence-corrected chi connectivity index (χ4v) is 4.18. The van der Waals surface area contributed by atoms with Gasteiger partial charge in [-0.2, -0.15) is 5.10 Å². The van der Waals surface area contributed by atoms with Crippen LogP contribution in [0.3, 0.4) is 0 Å². The Morgan fingerprint density at radius 3 is 2.44 bits per heavy atom. The lowest BCUT2D eigenvalue weighted by Gasteiger charge is -2.22. The predicted molar refractivity (Wildman–Crippen MR) is 102 cm³/mol. The van der Waals surface area contributed by atoms with Crippen molar-refractivity contribution in [3.8, 4) is 11.3 Å². The molecule has 0 amide bonds. The van der Waals surface area contributed by atoms with Gasteiger partial charge in [-0.3, -0.25) is 4.68 Å². The van der Waals surface area contributed by atoms with E-state index in [-0.39, 0.29) is 0 Å². The van der Waals surface area contributed by atoms with E-state index in [1.165, 1.54) is 38.4 Å². The molecule has 25 heavy (non-hydrogen) atoms. The third-order valence-electron chi connectivity index (χ3n) is 4.87. The van der Waals surface area contributed by atoms with Gasteiger partial charge < -0.3 is 0 Å². The summed E-state index contributed by atoms with van der Waals surface area (Å²) in [5.74, 6) is 0.682. The minimum absolute atomic E-state index is 0.350. The minimum Gasteiger partial charge on any atom is -0.264 e. The molecule has 3 rings (SSSR count). The molecule has 1 aromatic carbocycles. The van der Waals surface area contributed by atoms with Crippen molar-refractivity contribution in [3.63, 3.8) is 0 Å². The zero-order valence-corrected chi connectivity index (χ0v) is 15.8. The molecular weight excluding hydrogens is 332 g/mol. The lowest BCUT2D eigenvalue weighted by atomic mass is 9.89. The highest BCUT2D eigenvalue weighted by Gasteiger charge is 2.17. The summed E-state index contributed by atoms with van der Waals surface area (Å²) < 4.78 is 25.4. The summed E-state index contributed by atoms with van der Waals surface area (Å²) in [5, 5.41) is 4.75. The van der Waals surface area contributed by atoms with Crippen molar-refractivity contribution in [2.24, 2.45) is 5.92 Å². The van der Waals surface area contributed by atoms with Crippen molar-refractivity contribution in [2.45, 2.75) is 50.5 Å². The van der Waals surface area contributed by atoms with Crippen LogP contribution in [-0.2, 0) is 16.4 Å². The van der Waals surface area contributed by atoms with Crippen molar-refractivity contribution in [1.82, 2.24) is 9.78 Å². The molecule has 0 atom stereocenters. The van der Waals surface area contributed by atoms with E-state index >= 15 is 0 Å². The Labute approximate surface area is 150 Å². The lowest BCUT2D eigenvalue weighted by Crippen LogP contribution is -2.15. The van der Waals surface area contributed by atoms with Gasteiger partial charge in [-0.15, -0.1) is 0 Å². The number of hydrogen-bond acceptors (Lipinski definition) is 3. The van der Waals surface area contributed by atoms with Crippen LogP contribution >= 0.6 is 0 Å². The molecule has 0 unspecified atom stereocenters. The largest absolute Gasteiger partial charge is 0.264 e. The number of rotatable bonds is 5. The smallest absolute Gasteiger partial charge is 0.175 e. The number of aromatic nitrogens is 2. The second-order valence-corrected chi connectivity index (χ2v) is 8.95. The van der Waals surface area contributed by atoms with Crippen LogP contribution in [0.1, 0.15) is 44.7 Å².